The van der Waals surface area contributed by atoms with Crippen LogP contribution in [-0.2, 0) is 0 Å². The molecule has 1 amide bonds. The number of nitrogens with one attached hydrogen (secondary N) is 1. The van der Waals surface area contributed by atoms with E-state index in [1.165, 1.54) is 0 Å². The van der Waals surface area contributed by atoms with Crippen LogP contribution >= 0.6 is 0 Å². The predicted molar refractivity (Wildman–Crippen MR) is 84.1 cm³/mol. The van der Waals surface area contributed by atoms with E-state index in [4.69, 9.17) is 0 Å². The van der Waals surface area contributed by atoms with Gasteiger partial charge < -0.3 is 5.32 Å². The molecule has 0 spiro atoms. The highest BCUT2D eigenvalue weighted by Crippen LogP contribution is 2.17. The van der Waals surface area contributed by atoms with Crippen molar-refractivity contribution in [3.05, 3.63) is 78.1 Å². The van der Waals surface area contributed by atoms with Gasteiger partial charge in [0.2, 0.25) is 0 Å². The zero-order chi connectivity index (χ0) is 14.7. The summed E-state index contributed by atoms with van der Waals surface area (Å²) in [7, 11) is 0. The summed E-state index contributed by atoms with van der Waals surface area (Å²) >= 11 is 0. The van der Waals surface area contributed by atoms with Gasteiger partial charge in [-0.15, -0.1) is 0 Å². The van der Waals surface area contributed by atoms with Crippen molar-refractivity contribution in [1.82, 2.24) is 10.3 Å². The Morgan fingerprint density at radius 1 is 1.00 bits per heavy atom. The first kappa shape index (κ1) is 13.3. The molecular weight excluding hydrogens is 260 g/mol. The molecule has 0 fully saturated rings. The van der Waals surface area contributed by atoms with E-state index in [9.17, 15) is 4.79 Å². The molecule has 0 saturated carbocycles. The summed E-state index contributed by atoms with van der Waals surface area (Å²) in [5.41, 5.74) is 1.72. The van der Waals surface area contributed by atoms with E-state index in [-0.39, 0.29) is 11.9 Å². The molecule has 1 heterocycles. The lowest BCUT2D eigenvalue weighted by molar-refractivity contribution is 0.0940. The van der Waals surface area contributed by atoms with E-state index in [0.717, 1.165) is 16.3 Å². The Morgan fingerprint density at radius 2 is 1.71 bits per heavy atom. The largest absolute Gasteiger partial charge is 0.346 e. The van der Waals surface area contributed by atoms with Gasteiger partial charge in [-0.1, -0.05) is 30.3 Å². The number of fused-ring (bicyclic) bond motifs is 1. The maximum Gasteiger partial charge on any atom is 0.251 e. The van der Waals surface area contributed by atoms with Crippen LogP contribution in [0.15, 0.2) is 67.0 Å². The number of pyridine rings is 1. The number of amides is 1. The summed E-state index contributed by atoms with van der Waals surface area (Å²) in [5, 5.41) is 5.22. The molecule has 0 aliphatic carbocycles. The van der Waals surface area contributed by atoms with Crippen LogP contribution in [0.4, 0.5) is 0 Å². The van der Waals surface area contributed by atoms with E-state index in [2.05, 4.69) is 10.3 Å². The van der Waals surface area contributed by atoms with Gasteiger partial charge in [-0.3, -0.25) is 9.78 Å². The third-order valence-corrected chi connectivity index (χ3v) is 3.57. The van der Waals surface area contributed by atoms with Gasteiger partial charge in [-0.25, -0.2) is 0 Å². The smallest absolute Gasteiger partial charge is 0.251 e. The van der Waals surface area contributed by atoms with Crippen molar-refractivity contribution in [2.75, 3.05) is 0 Å². The minimum atomic E-state index is -0.0648. The molecule has 1 atom stereocenters. The zero-order valence-electron chi connectivity index (χ0n) is 11.8. The van der Waals surface area contributed by atoms with Gasteiger partial charge in [0.25, 0.3) is 5.91 Å². The Kier molecular flexibility index (Phi) is 3.65. The molecule has 1 aromatic heterocycles. The standard InChI is InChI=1S/C18H16N2O/c1-13(14-8-10-19-11-9-14)20-18(21)17-7-6-15-4-2-3-5-16(15)12-17/h2-13H,1H3,(H,20,21). The van der Waals surface area contributed by atoms with Crippen LogP contribution in [0.2, 0.25) is 0 Å². The molecule has 3 heteroatoms. The first-order chi connectivity index (χ1) is 10.2. The number of hydrogen-bond acceptors (Lipinski definition) is 2. The average molecular weight is 276 g/mol. The number of aromatic nitrogens is 1. The zero-order valence-corrected chi connectivity index (χ0v) is 11.8. The van der Waals surface area contributed by atoms with Gasteiger partial charge in [0.15, 0.2) is 0 Å². The van der Waals surface area contributed by atoms with Gasteiger partial charge in [0.05, 0.1) is 6.04 Å². The minimum absolute atomic E-state index is 0.0491. The Hall–Kier alpha value is -2.68. The van der Waals surface area contributed by atoms with Crippen LogP contribution in [0.5, 0.6) is 0 Å². The number of nitrogens with zero attached hydrogens (tertiary/aromatic N) is 1. The summed E-state index contributed by atoms with van der Waals surface area (Å²) < 4.78 is 0. The lowest BCUT2D eigenvalue weighted by atomic mass is 10.1. The number of carbonyl (C=O) groups excluding carboxylic acids is 1. The minimum Gasteiger partial charge on any atom is -0.346 e. The van der Waals surface area contributed by atoms with Crippen LogP contribution < -0.4 is 5.32 Å². The van der Waals surface area contributed by atoms with Crippen LogP contribution in [-0.4, -0.2) is 10.9 Å². The molecule has 0 bridgehead atoms. The molecule has 1 unspecified atom stereocenters. The van der Waals surface area contributed by atoms with Crippen molar-refractivity contribution in [3.8, 4) is 0 Å². The highest BCUT2D eigenvalue weighted by molar-refractivity contribution is 5.98. The second-order valence-electron chi connectivity index (χ2n) is 5.04. The maximum absolute atomic E-state index is 12.3. The quantitative estimate of drug-likeness (QED) is 0.792. The second-order valence-corrected chi connectivity index (χ2v) is 5.04. The molecule has 0 saturated heterocycles. The molecule has 2 aromatic carbocycles. The highest BCUT2D eigenvalue weighted by atomic mass is 16.1. The third-order valence-electron chi connectivity index (χ3n) is 3.57. The summed E-state index contributed by atoms with van der Waals surface area (Å²) in [5.74, 6) is -0.0648. The highest BCUT2D eigenvalue weighted by Gasteiger charge is 2.11. The Bertz CT molecular complexity index is 768. The van der Waals surface area contributed by atoms with Gasteiger partial charge in [0, 0.05) is 18.0 Å². The first-order valence-corrected chi connectivity index (χ1v) is 6.93. The fourth-order valence-electron chi connectivity index (χ4n) is 2.35. The van der Waals surface area contributed by atoms with E-state index >= 15 is 0 Å². The molecule has 1 N–H and O–H groups in total. The van der Waals surface area contributed by atoms with Gasteiger partial charge in [0.1, 0.15) is 0 Å². The summed E-state index contributed by atoms with van der Waals surface area (Å²) in [6.45, 7) is 1.97. The fourth-order valence-corrected chi connectivity index (χ4v) is 2.35. The maximum atomic E-state index is 12.3. The summed E-state index contributed by atoms with van der Waals surface area (Å²) in [4.78, 5) is 16.3. The van der Waals surface area contributed by atoms with Crippen molar-refractivity contribution in [1.29, 1.82) is 0 Å². The Morgan fingerprint density at radius 3 is 2.48 bits per heavy atom. The predicted octanol–water partition coefficient (Wildman–Crippen LogP) is 3.73. The Labute approximate surface area is 123 Å². The lowest BCUT2D eigenvalue weighted by Crippen LogP contribution is -2.26. The van der Waals surface area contributed by atoms with Gasteiger partial charge in [-0.05, 0) is 47.5 Å². The van der Waals surface area contributed by atoms with Crippen LogP contribution in [0, 0.1) is 0 Å². The van der Waals surface area contributed by atoms with E-state index in [0.29, 0.717) is 5.56 Å². The molecule has 104 valence electrons. The van der Waals surface area contributed by atoms with Crippen molar-refractivity contribution in [2.24, 2.45) is 0 Å². The van der Waals surface area contributed by atoms with Crippen molar-refractivity contribution >= 4 is 16.7 Å². The topological polar surface area (TPSA) is 42.0 Å². The van der Waals surface area contributed by atoms with Crippen molar-refractivity contribution in [2.45, 2.75) is 13.0 Å². The monoisotopic (exact) mass is 276 g/mol. The SMILES string of the molecule is CC(NC(=O)c1ccc2ccccc2c1)c1ccncc1. The van der Waals surface area contributed by atoms with E-state index in [1.807, 2.05) is 61.5 Å². The molecule has 3 rings (SSSR count). The number of rotatable bonds is 3. The van der Waals surface area contributed by atoms with Gasteiger partial charge >= 0.3 is 0 Å². The molecule has 3 nitrogen and oxygen atoms in total. The summed E-state index contributed by atoms with van der Waals surface area (Å²) in [6.07, 6.45) is 3.46. The normalized spacial score (nSPS) is 12.0. The first-order valence-electron chi connectivity index (χ1n) is 6.93. The number of hydrogen-bond donors (Lipinski definition) is 1. The van der Waals surface area contributed by atoms with Crippen molar-refractivity contribution < 1.29 is 4.79 Å². The number of benzene rings is 2. The molecule has 3 aromatic rings. The molecule has 21 heavy (non-hydrogen) atoms. The molecule has 0 aliphatic heterocycles. The summed E-state index contributed by atoms with van der Waals surface area (Å²) in [6, 6.07) is 17.5. The molecule has 0 radical (unpaired) electrons. The van der Waals surface area contributed by atoms with Crippen LogP contribution in [0.3, 0.4) is 0 Å². The van der Waals surface area contributed by atoms with Crippen molar-refractivity contribution in [3.63, 3.8) is 0 Å². The lowest BCUT2D eigenvalue weighted by Gasteiger charge is -2.14. The van der Waals surface area contributed by atoms with E-state index < -0.39 is 0 Å². The van der Waals surface area contributed by atoms with Crippen LogP contribution in [0.1, 0.15) is 28.9 Å². The second kappa shape index (κ2) is 5.75. The average Bonchev–Trinajstić information content (AvgIpc) is 2.55. The molecular formula is C18H16N2O. The van der Waals surface area contributed by atoms with E-state index in [1.54, 1.807) is 12.4 Å². The Balaban J connectivity index is 1.80. The fraction of sp³-hybridized carbons (Fsp3) is 0.111. The van der Waals surface area contributed by atoms with Gasteiger partial charge in [-0.2, -0.15) is 0 Å². The number of carbonyl (C=O) groups is 1. The molecule has 0 aliphatic rings. The van der Waals surface area contributed by atoms with Crippen LogP contribution in [0.25, 0.3) is 10.8 Å². The third kappa shape index (κ3) is 2.92.